The van der Waals surface area contributed by atoms with Crippen LogP contribution < -0.4 is 5.32 Å². The molecular weight excluding hydrogens is 134 g/mol. The first kappa shape index (κ1) is 8.99. The van der Waals surface area contributed by atoms with Crippen molar-refractivity contribution in [1.29, 1.82) is 0 Å². The fourth-order valence-electron chi connectivity index (χ4n) is 1.04. The van der Waals surface area contributed by atoms with Gasteiger partial charge in [-0.25, -0.2) is 0 Å². The summed E-state index contributed by atoms with van der Waals surface area (Å²) in [7, 11) is 0. The summed E-state index contributed by atoms with van der Waals surface area (Å²) in [6.07, 6.45) is 4.76. The van der Waals surface area contributed by atoms with E-state index in [-0.39, 0.29) is 12.4 Å². The van der Waals surface area contributed by atoms with Crippen LogP contribution in [0, 0.1) is 0 Å². The van der Waals surface area contributed by atoms with Crippen molar-refractivity contribution in [2.24, 2.45) is 0 Å². The maximum Gasteiger partial charge on any atom is -0.00115 e. The average molecular weight is 148 g/mol. The summed E-state index contributed by atoms with van der Waals surface area (Å²) < 4.78 is 0. The first-order chi connectivity index (χ1) is 3.93. The Morgan fingerprint density at radius 2 is 1.89 bits per heavy atom. The highest BCUT2D eigenvalue weighted by Gasteiger charge is 2.00. The van der Waals surface area contributed by atoms with Gasteiger partial charge in [-0.05, 0) is 32.9 Å². The molecule has 0 spiro atoms. The summed E-state index contributed by atoms with van der Waals surface area (Å²) in [4.78, 5) is 0. The van der Waals surface area contributed by atoms with Crippen LogP contribution in [-0.4, -0.2) is 13.1 Å². The molecule has 1 nitrogen and oxygen atoms in total. The van der Waals surface area contributed by atoms with Gasteiger partial charge in [0.15, 0.2) is 0 Å². The number of halogens is 1. The minimum atomic E-state index is 0. The number of hydrogen-bond donors (Lipinski definition) is 1. The second kappa shape index (κ2) is 4.83. The zero-order valence-corrected chi connectivity index (χ0v) is 6.63. The van der Waals surface area contributed by atoms with Crippen LogP contribution in [0.2, 0.25) is 0 Å². The summed E-state index contributed by atoms with van der Waals surface area (Å²) in [6, 6.07) is 0. The molecule has 0 radical (unpaired) electrons. The van der Waals surface area contributed by atoms with Crippen LogP contribution in [0.3, 0.4) is 0 Å². The fourth-order valence-corrected chi connectivity index (χ4v) is 1.04. The molecule has 2 heteroatoms. The van der Waals surface area contributed by atoms with Crippen molar-refractivity contribution in [3.63, 3.8) is 0 Å². The highest BCUT2D eigenvalue weighted by Crippen LogP contribution is 2.07. The third-order valence-corrected chi connectivity index (χ3v) is 1.65. The molecule has 0 aromatic rings. The summed E-state index contributed by atoms with van der Waals surface area (Å²) >= 11 is 0. The molecule has 0 saturated carbocycles. The van der Waals surface area contributed by atoms with Crippen LogP contribution >= 0.6 is 12.4 Å². The predicted molar refractivity (Wildman–Crippen MR) is 43.1 cm³/mol. The lowest BCUT2D eigenvalue weighted by atomic mass is 10.1. The number of hydrogen-bond acceptors (Lipinski definition) is 1. The van der Waals surface area contributed by atoms with Gasteiger partial charge in [-0.3, -0.25) is 0 Å². The third-order valence-electron chi connectivity index (χ3n) is 1.65. The lowest BCUT2D eigenvalue weighted by Gasteiger charge is -2.13. The Hall–Kier alpha value is -0.0100. The molecule has 54 valence electrons. The van der Waals surface area contributed by atoms with E-state index in [4.69, 9.17) is 0 Å². The van der Waals surface area contributed by atoms with E-state index in [1.807, 2.05) is 0 Å². The third kappa shape index (κ3) is 2.87. The molecule has 0 aromatic carbocycles. The zero-order chi connectivity index (χ0) is 5.82. The van der Waals surface area contributed by atoms with Gasteiger partial charge in [-0.15, -0.1) is 12.4 Å². The van der Waals surface area contributed by atoms with Gasteiger partial charge in [0.2, 0.25) is 0 Å². The Labute approximate surface area is 62.9 Å². The minimum Gasteiger partial charge on any atom is -0.316 e. The van der Waals surface area contributed by atoms with Crippen molar-refractivity contribution in [1.82, 2.24) is 5.32 Å². The Kier molecular flexibility index (Phi) is 4.83. The van der Waals surface area contributed by atoms with Gasteiger partial charge in [0, 0.05) is 0 Å². The Bertz CT molecular complexity index is 91.1. The molecule has 1 rings (SSSR count). The van der Waals surface area contributed by atoms with Crippen molar-refractivity contribution in [2.75, 3.05) is 13.1 Å². The summed E-state index contributed by atoms with van der Waals surface area (Å²) in [5.41, 5.74) is 1.61. The molecule has 0 bridgehead atoms. The van der Waals surface area contributed by atoms with Crippen LogP contribution in [0.4, 0.5) is 0 Å². The summed E-state index contributed by atoms with van der Waals surface area (Å²) in [5.74, 6) is 0. The van der Waals surface area contributed by atoms with Crippen LogP contribution in [0.1, 0.15) is 19.8 Å². The average Bonchev–Trinajstić information content (AvgIpc) is 1.90. The van der Waals surface area contributed by atoms with E-state index in [2.05, 4.69) is 18.3 Å². The highest BCUT2D eigenvalue weighted by molar-refractivity contribution is 5.85. The Morgan fingerprint density at radius 3 is 2.22 bits per heavy atom. The summed E-state index contributed by atoms with van der Waals surface area (Å²) in [5, 5.41) is 3.31. The largest absolute Gasteiger partial charge is 0.316 e. The lowest BCUT2D eigenvalue weighted by molar-refractivity contribution is 0.609. The van der Waals surface area contributed by atoms with Gasteiger partial charge in [-0.1, -0.05) is 11.6 Å². The molecule has 0 aliphatic carbocycles. The van der Waals surface area contributed by atoms with E-state index in [1.165, 1.54) is 25.9 Å². The van der Waals surface area contributed by atoms with E-state index in [0.717, 1.165) is 0 Å². The van der Waals surface area contributed by atoms with Gasteiger partial charge in [-0.2, -0.15) is 0 Å². The molecule has 1 N–H and O–H groups in total. The van der Waals surface area contributed by atoms with Gasteiger partial charge in [0.25, 0.3) is 0 Å². The Balaban J connectivity index is 0.000000640. The van der Waals surface area contributed by atoms with E-state index in [1.54, 1.807) is 5.57 Å². The maximum absolute atomic E-state index is 3.31. The molecule has 0 unspecified atom stereocenters. The van der Waals surface area contributed by atoms with Crippen molar-refractivity contribution < 1.29 is 0 Å². The maximum atomic E-state index is 3.31. The molecule has 9 heavy (non-hydrogen) atoms. The highest BCUT2D eigenvalue weighted by atomic mass is 35.5. The minimum absolute atomic E-state index is 0. The standard InChI is InChI=1S/C7H13N.ClH/c1-2-7-3-5-8-6-4-7;/h2,8H,3-6H2,1H3;1H. The molecule has 1 fully saturated rings. The quantitative estimate of drug-likeness (QED) is 0.515. The van der Waals surface area contributed by atoms with Crippen molar-refractivity contribution in [2.45, 2.75) is 19.8 Å². The molecule has 0 aromatic heterocycles. The van der Waals surface area contributed by atoms with E-state index in [9.17, 15) is 0 Å². The van der Waals surface area contributed by atoms with Crippen LogP contribution in [0.25, 0.3) is 0 Å². The van der Waals surface area contributed by atoms with Crippen molar-refractivity contribution in [3.05, 3.63) is 11.6 Å². The molecular formula is C7H14ClN. The summed E-state index contributed by atoms with van der Waals surface area (Å²) in [6.45, 7) is 4.49. The topological polar surface area (TPSA) is 12.0 Å². The normalized spacial score (nSPS) is 18.6. The number of piperidine rings is 1. The van der Waals surface area contributed by atoms with Crippen LogP contribution in [0.15, 0.2) is 11.6 Å². The smallest absolute Gasteiger partial charge is 0.00115 e. The van der Waals surface area contributed by atoms with E-state index < -0.39 is 0 Å². The first-order valence-corrected chi connectivity index (χ1v) is 3.28. The molecule has 1 heterocycles. The predicted octanol–water partition coefficient (Wildman–Crippen LogP) is 1.74. The van der Waals surface area contributed by atoms with E-state index in [0.29, 0.717) is 0 Å². The number of nitrogens with one attached hydrogen (secondary N) is 1. The second-order valence-corrected chi connectivity index (χ2v) is 2.20. The van der Waals surface area contributed by atoms with Gasteiger partial charge in [0.1, 0.15) is 0 Å². The first-order valence-electron chi connectivity index (χ1n) is 3.28. The van der Waals surface area contributed by atoms with Crippen molar-refractivity contribution >= 4 is 12.4 Å². The molecule has 0 atom stereocenters. The Morgan fingerprint density at radius 1 is 1.33 bits per heavy atom. The molecule has 1 aliphatic heterocycles. The number of rotatable bonds is 0. The van der Waals surface area contributed by atoms with Gasteiger partial charge >= 0.3 is 0 Å². The van der Waals surface area contributed by atoms with Crippen LogP contribution in [0.5, 0.6) is 0 Å². The number of allylic oxidation sites excluding steroid dienone is 1. The fraction of sp³-hybridized carbons (Fsp3) is 0.714. The monoisotopic (exact) mass is 147 g/mol. The SMILES string of the molecule is CC=C1CCNCC1.Cl. The molecule has 1 aliphatic rings. The molecule has 0 amide bonds. The van der Waals surface area contributed by atoms with E-state index >= 15 is 0 Å². The molecule has 1 saturated heterocycles. The van der Waals surface area contributed by atoms with Crippen molar-refractivity contribution in [3.8, 4) is 0 Å². The van der Waals surface area contributed by atoms with Crippen LogP contribution in [-0.2, 0) is 0 Å². The second-order valence-electron chi connectivity index (χ2n) is 2.20. The zero-order valence-electron chi connectivity index (χ0n) is 5.81. The van der Waals surface area contributed by atoms with Gasteiger partial charge < -0.3 is 5.32 Å². The lowest BCUT2D eigenvalue weighted by Crippen LogP contribution is -2.22. The van der Waals surface area contributed by atoms with Gasteiger partial charge in [0.05, 0.1) is 0 Å².